The van der Waals surface area contributed by atoms with Gasteiger partial charge < -0.3 is 20.4 Å². The average Bonchev–Trinajstić information content (AvgIpc) is 2.87. The summed E-state index contributed by atoms with van der Waals surface area (Å²) in [6.07, 6.45) is 2.75. The van der Waals surface area contributed by atoms with Gasteiger partial charge in [0, 0.05) is 48.0 Å². The van der Waals surface area contributed by atoms with Crippen LogP contribution >= 0.6 is 0 Å². The number of ether oxygens (including phenoxy) is 1. The molecule has 1 saturated heterocycles. The molecule has 37 heavy (non-hydrogen) atoms. The first-order valence-electron chi connectivity index (χ1n) is 12.1. The number of aromatic amines is 1. The molecule has 5 rings (SSSR count). The smallest absolute Gasteiger partial charge is 0.256 e. The van der Waals surface area contributed by atoms with Gasteiger partial charge in [0.15, 0.2) is 0 Å². The Morgan fingerprint density at radius 1 is 1.00 bits per heavy atom. The van der Waals surface area contributed by atoms with Crippen LogP contribution in [-0.2, 0) is 11.3 Å². The molecule has 6 nitrogen and oxygen atoms in total. The van der Waals surface area contributed by atoms with Crippen molar-refractivity contribution in [2.45, 2.75) is 25.3 Å². The molecule has 192 valence electrons. The van der Waals surface area contributed by atoms with Gasteiger partial charge in [-0.05, 0) is 73.8 Å². The van der Waals surface area contributed by atoms with E-state index in [0.717, 1.165) is 30.7 Å². The molecule has 0 amide bonds. The van der Waals surface area contributed by atoms with E-state index in [1.54, 1.807) is 0 Å². The first-order valence-corrected chi connectivity index (χ1v) is 12.1. The zero-order chi connectivity index (χ0) is 26.3. The minimum absolute atomic E-state index is 0.0699. The van der Waals surface area contributed by atoms with E-state index in [1.807, 2.05) is 37.2 Å². The minimum Gasteiger partial charge on any atom is -0.383 e. The van der Waals surface area contributed by atoms with Crippen molar-refractivity contribution in [2.24, 2.45) is 0 Å². The van der Waals surface area contributed by atoms with Gasteiger partial charge in [-0.3, -0.25) is 4.79 Å². The minimum atomic E-state index is -0.794. The van der Waals surface area contributed by atoms with Gasteiger partial charge in [0.1, 0.15) is 17.5 Å². The lowest BCUT2D eigenvalue weighted by Gasteiger charge is -2.26. The number of rotatable bonds is 5. The van der Waals surface area contributed by atoms with Crippen molar-refractivity contribution in [2.75, 3.05) is 33.0 Å². The van der Waals surface area contributed by atoms with Crippen LogP contribution in [-0.4, -0.2) is 42.2 Å². The van der Waals surface area contributed by atoms with Crippen LogP contribution in [0.4, 0.5) is 19.0 Å². The van der Waals surface area contributed by atoms with E-state index in [-0.39, 0.29) is 33.3 Å². The summed E-state index contributed by atoms with van der Waals surface area (Å²) >= 11 is 0. The fourth-order valence-corrected chi connectivity index (χ4v) is 5.03. The molecule has 2 aromatic heterocycles. The summed E-state index contributed by atoms with van der Waals surface area (Å²) < 4.78 is 50.2. The molecule has 0 saturated carbocycles. The van der Waals surface area contributed by atoms with Crippen molar-refractivity contribution in [1.82, 2.24) is 14.9 Å². The Kier molecular flexibility index (Phi) is 6.74. The van der Waals surface area contributed by atoms with E-state index in [0.29, 0.717) is 31.2 Å². The number of pyridine rings is 2. The van der Waals surface area contributed by atoms with Crippen molar-refractivity contribution in [3.8, 4) is 22.3 Å². The van der Waals surface area contributed by atoms with Gasteiger partial charge in [-0.1, -0.05) is 12.1 Å². The molecule has 0 atom stereocenters. The fourth-order valence-electron chi connectivity index (χ4n) is 5.03. The van der Waals surface area contributed by atoms with E-state index in [2.05, 4.69) is 9.97 Å². The third-order valence-electron chi connectivity index (χ3n) is 6.84. The maximum atomic E-state index is 15.1. The quantitative estimate of drug-likeness (QED) is 0.362. The van der Waals surface area contributed by atoms with Crippen LogP contribution in [0.15, 0.2) is 47.4 Å². The summed E-state index contributed by atoms with van der Waals surface area (Å²) in [6, 6.07) is 9.36. The van der Waals surface area contributed by atoms with Gasteiger partial charge in [-0.15, -0.1) is 0 Å². The molecule has 0 radical (unpaired) electrons. The number of fused-ring (bicyclic) bond motifs is 1. The number of hydrogen-bond donors (Lipinski definition) is 2. The second kappa shape index (κ2) is 9.99. The number of nitrogens with zero attached hydrogens (tertiary/aromatic N) is 2. The highest BCUT2D eigenvalue weighted by Crippen LogP contribution is 2.37. The van der Waals surface area contributed by atoms with Gasteiger partial charge in [-0.25, -0.2) is 13.8 Å². The Labute approximate surface area is 211 Å². The molecule has 3 heterocycles. The number of nitrogen functional groups attached to an aromatic ring is 1. The standard InChI is InChI=1S/C28H27F3N4O2/c1-35(2)14-17-9-16(3-4-18(17)15-5-7-37-8-6-15)19-10-22(27(32)34-26(19)31)20-11-21-23(12-24(20)29)28(36)33-13-25(21)30/h3-4,9-13,15H,5-8,14H2,1-2H3,(H2,32,34)(H,33,36). The molecular weight excluding hydrogens is 481 g/mol. The number of nitrogens with two attached hydrogens (primary N) is 1. The number of hydrogen-bond acceptors (Lipinski definition) is 5. The summed E-state index contributed by atoms with van der Waals surface area (Å²) in [6.45, 7) is 2.07. The fraction of sp³-hybridized carbons (Fsp3) is 0.286. The summed E-state index contributed by atoms with van der Waals surface area (Å²) in [5, 5.41) is -0.202. The van der Waals surface area contributed by atoms with Crippen LogP contribution in [0, 0.1) is 17.6 Å². The second-order valence-corrected chi connectivity index (χ2v) is 9.64. The number of halogens is 3. The van der Waals surface area contributed by atoms with E-state index < -0.39 is 23.1 Å². The molecule has 0 unspecified atom stereocenters. The molecule has 0 spiro atoms. The molecule has 1 aliphatic heterocycles. The normalized spacial score (nSPS) is 14.5. The average molecular weight is 509 g/mol. The number of nitrogens with one attached hydrogen (secondary N) is 1. The van der Waals surface area contributed by atoms with Crippen molar-refractivity contribution in [1.29, 1.82) is 0 Å². The Morgan fingerprint density at radius 2 is 1.76 bits per heavy atom. The van der Waals surface area contributed by atoms with Crippen molar-refractivity contribution < 1.29 is 17.9 Å². The topological polar surface area (TPSA) is 84.2 Å². The van der Waals surface area contributed by atoms with Crippen LogP contribution in [0.5, 0.6) is 0 Å². The highest BCUT2D eigenvalue weighted by atomic mass is 19.1. The molecular formula is C28H27F3N4O2. The van der Waals surface area contributed by atoms with Crippen LogP contribution < -0.4 is 11.3 Å². The molecule has 1 aliphatic rings. The van der Waals surface area contributed by atoms with E-state index in [9.17, 15) is 9.18 Å². The monoisotopic (exact) mass is 508 g/mol. The van der Waals surface area contributed by atoms with E-state index in [4.69, 9.17) is 10.5 Å². The Hall–Kier alpha value is -3.69. The van der Waals surface area contributed by atoms with Gasteiger partial charge in [0.2, 0.25) is 5.95 Å². The first-order chi connectivity index (χ1) is 17.7. The zero-order valence-electron chi connectivity index (χ0n) is 20.6. The number of H-pyrrole nitrogens is 1. The van der Waals surface area contributed by atoms with Crippen molar-refractivity contribution >= 4 is 16.6 Å². The zero-order valence-corrected chi connectivity index (χ0v) is 20.6. The highest BCUT2D eigenvalue weighted by molar-refractivity contribution is 5.90. The van der Waals surface area contributed by atoms with Crippen LogP contribution in [0.1, 0.15) is 29.9 Å². The number of benzene rings is 2. The van der Waals surface area contributed by atoms with Crippen LogP contribution in [0.3, 0.4) is 0 Å². The van der Waals surface area contributed by atoms with Crippen molar-refractivity contribution in [3.05, 3.63) is 81.7 Å². The maximum Gasteiger partial charge on any atom is 0.256 e. The summed E-state index contributed by atoms with van der Waals surface area (Å²) in [7, 11) is 3.94. The molecule has 2 aromatic carbocycles. The Morgan fingerprint density at radius 3 is 2.49 bits per heavy atom. The van der Waals surface area contributed by atoms with E-state index >= 15 is 8.78 Å². The third-order valence-corrected chi connectivity index (χ3v) is 6.84. The lowest BCUT2D eigenvalue weighted by Crippen LogP contribution is -2.18. The maximum absolute atomic E-state index is 15.1. The summed E-state index contributed by atoms with van der Waals surface area (Å²) in [5.74, 6) is -2.19. The summed E-state index contributed by atoms with van der Waals surface area (Å²) in [5.41, 5.74) is 8.40. The van der Waals surface area contributed by atoms with Crippen LogP contribution in [0.2, 0.25) is 0 Å². The van der Waals surface area contributed by atoms with Crippen LogP contribution in [0.25, 0.3) is 33.0 Å². The molecule has 1 fully saturated rings. The summed E-state index contributed by atoms with van der Waals surface area (Å²) in [4.78, 5) is 20.2. The molecule has 3 N–H and O–H groups in total. The lowest BCUT2D eigenvalue weighted by atomic mass is 9.86. The molecule has 0 bridgehead atoms. The van der Waals surface area contributed by atoms with Gasteiger partial charge in [0.05, 0.1) is 5.39 Å². The first kappa shape index (κ1) is 25.0. The molecule has 9 heteroatoms. The number of anilines is 1. The largest absolute Gasteiger partial charge is 0.383 e. The van der Waals surface area contributed by atoms with Gasteiger partial charge in [0.25, 0.3) is 5.56 Å². The van der Waals surface area contributed by atoms with E-state index in [1.165, 1.54) is 17.7 Å². The Bertz CT molecular complexity index is 1550. The predicted octanol–water partition coefficient (Wildman–Crippen LogP) is 5.21. The third kappa shape index (κ3) is 4.84. The second-order valence-electron chi connectivity index (χ2n) is 9.64. The Balaban J connectivity index is 1.64. The SMILES string of the molecule is CN(C)Cc1cc(-c2cc(-c3cc4c(F)c[nH]c(=O)c4cc3F)c(N)nc2F)ccc1C1CCOCC1. The lowest BCUT2D eigenvalue weighted by molar-refractivity contribution is 0.0850. The molecule has 0 aliphatic carbocycles. The molecule has 4 aromatic rings. The predicted molar refractivity (Wildman–Crippen MR) is 138 cm³/mol. The van der Waals surface area contributed by atoms with Gasteiger partial charge >= 0.3 is 0 Å². The highest BCUT2D eigenvalue weighted by Gasteiger charge is 2.22. The van der Waals surface area contributed by atoms with Crippen molar-refractivity contribution in [3.63, 3.8) is 0 Å². The number of aromatic nitrogens is 2. The van der Waals surface area contributed by atoms with Gasteiger partial charge in [-0.2, -0.15) is 4.39 Å².